The van der Waals surface area contributed by atoms with Gasteiger partial charge >= 0.3 is 0 Å². The van der Waals surface area contributed by atoms with Crippen molar-refractivity contribution in [1.29, 1.82) is 0 Å². The van der Waals surface area contributed by atoms with Crippen LogP contribution in [0.4, 0.5) is 0 Å². The number of hydrogen-bond acceptors (Lipinski definition) is 3. The molecule has 0 spiro atoms. The molecule has 1 rings (SSSR count). The summed E-state index contributed by atoms with van der Waals surface area (Å²) in [7, 11) is -3.37. The molecule has 74 valence electrons. The van der Waals surface area contributed by atoms with Crippen LogP contribution in [0.3, 0.4) is 0 Å². The van der Waals surface area contributed by atoms with Crippen LogP contribution in [0.15, 0.2) is 12.1 Å². The van der Waals surface area contributed by atoms with Crippen molar-refractivity contribution < 1.29 is 8.42 Å². The van der Waals surface area contributed by atoms with Gasteiger partial charge in [0.05, 0.1) is 5.75 Å². The third kappa shape index (κ3) is 3.89. The van der Waals surface area contributed by atoms with Gasteiger partial charge in [0.25, 0.3) is 0 Å². The molecule has 0 saturated carbocycles. The Labute approximate surface area is 82.6 Å². The largest absolute Gasteiger partial charge is 0.228 e. The summed E-state index contributed by atoms with van der Waals surface area (Å²) >= 11 is 1.53. The van der Waals surface area contributed by atoms with E-state index < -0.39 is 10.0 Å². The van der Waals surface area contributed by atoms with E-state index in [0.717, 1.165) is 17.7 Å². The summed E-state index contributed by atoms with van der Waals surface area (Å²) in [5.41, 5.74) is 0. The Morgan fingerprint density at radius 3 is 2.54 bits per heavy atom. The molecule has 3 nitrogen and oxygen atoms in total. The minimum Gasteiger partial charge on any atom is -0.228 e. The lowest BCUT2D eigenvalue weighted by Crippen LogP contribution is -2.13. The van der Waals surface area contributed by atoms with Crippen LogP contribution < -0.4 is 5.14 Å². The van der Waals surface area contributed by atoms with Crippen LogP contribution >= 0.6 is 11.3 Å². The monoisotopic (exact) mass is 219 g/mol. The minimum atomic E-state index is -3.37. The average molecular weight is 219 g/mol. The average Bonchev–Trinajstić information content (AvgIpc) is 2.33. The van der Waals surface area contributed by atoms with E-state index in [-0.39, 0.29) is 5.75 Å². The van der Waals surface area contributed by atoms with Crippen molar-refractivity contribution in [3.63, 3.8) is 0 Å². The van der Waals surface area contributed by atoms with Crippen LogP contribution in [0.1, 0.15) is 23.1 Å². The van der Waals surface area contributed by atoms with Crippen molar-refractivity contribution in [1.82, 2.24) is 0 Å². The quantitative estimate of drug-likeness (QED) is 0.834. The first kappa shape index (κ1) is 10.7. The zero-order valence-corrected chi connectivity index (χ0v) is 9.12. The topological polar surface area (TPSA) is 60.2 Å². The molecule has 0 aliphatic carbocycles. The minimum absolute atomic E-state index is 0.0403. The molecular formula is C8H13NO2S2. The molecule has 0 bridgehead atoms. The summed E-state index contributed by atoms with van der Waals surface area (Å²) in [4.78, 5) is 2.05. The van der Waals surface area contributed by atoms with Crippen LogP contribution in [-0.2, 0) is 22.2 Å². The number of hydrogen-bond donors (Lipinski definition) is 1. The summed E-state index contributed by atoms with van der Waals surface area (Å²) in [6, 6.07) is 3.80. The van der Waals surface area contributed by atoms with Crippen LogP contribution in [0.5, 0.6) is 0 Å². The predicted molar refractivity (Wildman–Crippen MR) is 55.1 cm³/mol. The van der Waals surface area contributed by atoms with Crippen LogP contribution in [-0.4, -0.2) is 8.42 Å². The van der Waals surface area contributed by atoms with Crippen LogP contribution in [0.25, 0.3) is 0 Å². The normalized spacial score (nSPS) is 11.8. The summed E-state index contributed by atoms with van der Waals surface area (Å²) in [5, 5.41) is 4.93. The molecule has 0 amide bonds. The van der Waals surface area contributed by atoms with Gasteiger partial charge in [-0.3, -0.25) is 0 Å². The van der Waals surface area contributed by atoms with Gasteiger partial charge in [-0.05, 0) is 18.6 Å². The van der Waals surface area contributed by atoms with Gasteiger partial charge < -0.3 is 0 Å². The fraction of sp³-hybridized carbons (Fsp3) is 0.500. The van der Waals surface area contributed by atoms with Gasteiger partial charge in [-0.15, -0.1) is 11.3 Å². The van der Waals surface area contributed by atoms with E-state index >= 15 is 0 Å². The van der Waals surface area contributed by atoms with Crippen molar-refractivity contribution in [2.24, 2.45) is 5.14 Å². The molecule has 0 aliphatic rings. The molecule has 0 unspecified atom stereocenters. The number of primary sulfonamides is 1. The lowest BCUT2D eigenvalue weighted by Gasteiger charge is -1.93. The molecule has 0 aromatic carbocycles. The highest BCUT2D eigenvalue weighted by Crippen LogP contribution is 2.19. The lowest BCUT2D eigenvalue weighted by molar-refractivity contribution is 0.597. The second-order valence-corrected chi connectivity index (χ2v) is 5.79. The summed E-state index contributed by atoms with van der Waals surface area (Å²) in [5.74, 6) is -0.0403. The molecule has 0 aliphatic heterocycles. The van der Waals surface area contributed by atoms with E-state index in [0.29, 0.717) is 0 Å². The Hall–Kier alpha value is -0.390. The molecule has 13 heavy (non-hydrogen) atoms. The maximum Gasteiger partial charge on any atom is 0.214 e. The van der Waals surface area contributed by atoms with Gasteiger partial charge in [-0.25, -0.2) is 13.6 Å². The van der Waals surface area contributed by atoms with E-state index in [1.807, 2.05) is 12.1 Å². The van der Waals surface area contributed by atoms with Gasteiger partial charge in [-0.1, -0.05) is 13.3 Å². The number of rotatable bonds is 4. The highest BCUT2D eigenvalue weighted by molar-refractivity contribution is 7.88. The predicted octanol–water partition coefficient (Wildman–Crippen LogP) is 1.49. The first-order chi connectivity index (χ1) is 6.01. The third-order valence-corrected chi connectivity index (χ3v) is 3.60. The summed E-state index contributed by atoms with van der Waals surface area (Å²) in [6.07, 6.45) is 2.09. The second-order valence-electron chi connectivity index (χ2n) is 2.93. The van der Waals surface area contributed by atoms with Crippen molar-refractivity contribution in [2.75, 3.05) is 0 Å². The van der Waals surface area contributed by atoms with E-state index in [1.54, 1.807) is 0 Å². The fourth-order valence-electron chi connectivity index (χ4n) is 1.08. The number of nitrogens with two attached hydrogens (primary N) is 1. The van der Waals surface area contributed by atoms with Crippen molar-refractivity contribution in [2.45, 2.75) is 25.5 Å². The van der Waals surface area contributed by atoms with E-state index in [1.165, 1.54) is 16.2 Å². The van der Waals surface area contributed by atoms with Crippen molar-refractivity contribution in [3.05, 3.63) is 21.9 Å². The number of thiophene rings is 1. The Morgan fingerprint density at radius 1 is 1.38 bits per heavy atom. The Balaban J connectivity index is 2.69. The Kier molecular flexibility index (Phi) is 3.47. The van der Waals surface area contributed by atoms with Crippen molar-refractivity contribution >= 4 is 21.4 Å². The summed E-state index contributed by atoms with van der Waals surface area (Å²) < 4.78 is 21.5. The zero-order valence-electron chi connectivity index (χ0n) is 7.49. The Morgan fingerprint density at radius 2 is 2.00 bits per heavy atom. The molecule has 1 heterocycles. The molecule has 1 aromatic rings. The zero-order chi connectivity index (χ0) is 9.90. The number of sulfonamides is 1. The molecule has 0 atom stereocenters. The van der Waals surface area contributed by atoms with Crippen molar-refractivity contribution in [3.8, 4) is 0 Å². The van der Waals surface area contributed by atoms with Gasteiger partial charge in [-0.2, -0.15) is 0 Å². The second kappa shape index (κ2) is 4.21. The molecular weight excluding hydrogens is 206 g/mol. The Bertz CT molecular complexity index is 367. The smallest absolute Gasteiger partial charge is 0.214 e. The van der Waals surface area contributed by atoms with Gasteiger partial charge in [0.2, 0.25) is 10.0 Å². The maximum absolute atomic E-state index is 10.8. The molecule has 1 aromatic heterocycles. The molecule has 0 saturated heterocycles. The van der Waals surface area contributed by atoms with E-state index in [4.69, 9.17) is 5.14 Å². The van der Waals surface area contributed by atoms with Gasteiger partial charge in [0, 0.05) is 9.75 Å². The highest BCUT2D eigenvalue weighted by Gasteiger charge is 2.07. The SMILES string of the molecule is CCCc1ccc(CS(N)(=O)=O)s1. The molecule has 0 radical (unpaired) electrons. The first-order valence-electron chi connectivity index (χ1n) is 4.09. The van der Waals surface area contributed by atoms with Crippen LogP contribution in [0.2, 0.25) is 0 Å². The van der Waals surface area contributed by atoms with E-state index in [9.17, 15) is 8.42 Å². The van der Waals surface area contributed by atoms with E-state index in [2.05, 4.69) is 6.92 Å². The first-order valence-corrected chi connectivity index (χ1v) is 6.62. The molecule has 2 N–H and O–H groups in total. The number of aryl methyl sites for hydroxylation is 1. The molecule has 0 fully saturated rings. The summed E-state index contributed by atoms with van der Waals surface area (Å²) in [6.45, 7) is 2.10. The maximum atomic E-state index is 10.8. The molecule has 5 heteroatoms. The highest BCUT2D eigenvalue weighted by atomic mass is 32.2. The standard InChI is InChI=1S/C8H13NO2S2/c1-2-3-7-4-5-8(12-7)6-13(9,10)11/h4-5H,2-3,6H2,1H3,(H2,9,10,11). The third-order valence-electron chi connectivity index (χ3n) is 1.56. The lowest BCUT2D eigenvalue weighted by atomic mass is 10.3. The van der Waals surface area contributed by atoms with Gasteiger partial charge in [0.15, 0.2) is 0 Å². The van der Waals surface area contributed by atoms with Gasteiger partial charge in [0.1, 0.15) is 0 Å². The van der Waals surface area contributed by atoms with Crippen LogP contribution in [0, 0.1) is 0 Å². The fourth-order valence-corrected chi connectivity index (χ4v) is 3.22.